The highest BCUT2D eigenvalue weighted by atomic mass is 32.2. The normalized spacial score (nSPS) is 17.9. The molecule has 0 bridgehead atoms. The highest BCUT2D eigenvalue weighted by Crippen LogP contribution is 2.27. The van der Waals surface area contributed by atoms with E-state index in [1.807, 2.05) is 29.2 Å². The quantitative estimate of drug-likeness (QED) is 0.791. The summed E-state index contributed by atoms with van der Waals surface area (Å²) in [5.41, 5.74) is 2.00. The Labute approximate surface area is 117 Å². The van der Waals surface area contributed by atoms with Gasteiger partial charge in [-0.3, -0.25) is 0 Å². The molecule has 1 fully saturated rings. The van der Waals surface area contributed by atoms with Crippen molar-refractivity contribution in [3.8, 4) is 6.07 Å². The second-order valence-electron chi connectivity index (χ2n) is 4.79. The molecule has 0 unspecified atom stereocenters. The predicted octanol–water partition coefficient (Wildman–Crippen LogP) is 1.34. The standard InChI is InChI=1S/C14H13N3O2S/c15-10-11-9-14(12-3-1-2-4-13(12)16-11)17-5-7-20(18,19)8-6-17/h1-4,9H,5-8H2. The number of hydrogen-bond acceptors (Lipinski definition) is 5. The molecule has 1 aliphatic heterocycles. The van der Waals surface area contributed by atoms with Crippen LogP contribution in [-0.2, 0) is 9.84 Å². The van der Waals surface area contributed by atoms with E-state index in [2.05, 4.69) is 11.1 Å². The minimum Gasteiger partial charge on any atom is -0.369 e. The lowest BCUT2D eigenvalue weighted by atomic mass is 10.1. The fraction of sp³-hybridized carbons (Fsp3) is 0.286. The Balaban J connectivity index is 2.09. The zero-order valence-corrected chi connectivity index (χ0v) is 11.6. The Kier molecular flexibility index (Phi) is 3.07. The molecule has 5 nitrogen and oxygen atoms in total. The van der Waals surface area contributed by atoms with Crippen LogP contribution in [0.15, 0.2) is 30.3 Å². The Morgan fingerprint density at radius 1 is 1.20 bits per heavy atom. The molecule has 20 heavy (non-hydrogen) atoms. The number of hydrogen-bond donors (Lipinski definition) is 0. The summed E-state index contributed by atoms with van der Waals surface area (Å²) in [7, 11) is -2.91. The lowest BCUT2D eigenvalue weighted by Gasteiger charge is -2.29. The van der Waals surface area contributed by atoms with Crippen LogP contribution in [0.2, 0.25) is 0 Å². The molecule has 1 aliphatic rings. The van der Waals surface area contributed by atoms with Gasteiger partial charge in [0.2, 0.25) is 0 Å². The van der Waals surface area contributed by atoms with Crippen molar-refractivity contribution in [2.45, 2.75) is 0 Å². The predicted molar refractivity (Wildman–Crippen MR) is 77.3 cm³/mol. The highest BCUT2D eigenvalue weighted by molar-refractivity contribution is 7.91. The number of nitriles is 1. The third-order valence-corrected chi connectivity index (χ3v) is 5.10. The Bertz CT molecular complexity index is 795. The molecule has 0 saturated carbocycles. The minimum absolute atomic E-state index is 0.158. The van der Waals surface area contributed by atoms with Crippen molar-refractivity contribution in [1.82, 2.24) is 4.98 Å². The van der Waals surface area contributed by atoms with Crippen molar-refractivity contribution in [1.29, 1.82) is 5.26 Å². The fourth-order valence-corrected chi connectivity index (χ4v) is 3.63. The number of para-hydroxylation sites is 1. The van der Waals surface area contributed by atoms with Gasteiger partial charge in [-0.2, -0.15) is 5.26 Å². The molecule has 1 aromatic carbocycles. The van der Waals surface area contributed by atoms with Gasteiger partial charge >= 0.3 is 0 Å². The molecule has 0 N–H and O–H groups in total. The summed E-state index contributed by atoms with van der Waals surface area (Å²) in [6.07, 6.45) is 0. The molecule has 3 rings (SSSR count). The van der Waals surface area contributed by atoms with Gasteiger partial charge < -0.3 is 4.90 Å². The van der Waals surface area contributed by atoms with Crippen molar-refractivity contribution < 1.29 is 8.42 Å². The van der Waals surface area contributed by atoms with Crippen LogP contribution in [0.5, 0.6) is 0 Å². The van der Waals surface area contributed by atoms with E-state index >= 15 is 0 Å². The van der Waals surface area contributed by atoms with Gasteiger partial charge in [-0.15, -0.1) is 0 Å². The summed E-state index contributed by atoms with van der Waals surface area (Å²) < 4.78 is 23.0. The molecule has 6 heteroatoms. The van der Waals surface area contributed by atoms with Gasteiger partial charge in [0.15, 0.2) is 9.84 Å². The van der Waals surface area contributed by atoms with Gasteiger partial charge in [0.25, 0.3) is 0 Å². The number of anilines is 1. The van der Waals surface area contributed by atoms with Gasteiger partial charge in [-0.05, 0) is 12.1 Å². The van der Waals surface area contributed by atoms with E-state index in [1.54, 1.807) is 6.07 Å². The summed E-state index contributed by atoms with van der Waals surface area (Å²) in [5, 5.41) is 10.0. The molecular formula is C14H13N3O2S. The van der Waals surface area contributed by atoms with Crippen LogP contribution in [0.1, 0.15) is 5.69 Å². The molecular weight excluding hydrogens is 274 g/mol. The van der Waals surface area contributed by atoms with Crippen molar-refractivity contribution in [2.24, 2.45) is 0 Å². The average molecular weight is 287 g/mol. The molecule has 2 aromatic rings. The van der Waals surface area contributed by atoms with Crippen molar-refractivity contribution in [2.75, 3.05) is 29.5 Å². The maximum absolute atomic E-state index is 11.5. The molecule has 1 aromatic heterocycles. The Morgan fingerprint density at radius 2 is 1.90 bits per heavy atom. The Morgan fingerprint density at radius 3 is 2.60 bits per heavy atom. The van der Waals surface area contributed by atoms with E-state index in [1.165, 1.54) is 0 Å². The molecule has 0 aliphatic carbocycles. The second kappa shape index (κ2) is 4.76. The number of pyridine rings is 1. The molecule has 1 saturated heterocycles. The summed E-state index contributed by atoms with van der Waals surface area (Å²) in [6, 6.07) is 11.4. The van der Waals surface area contributed by atoms with Crippen LogP contribution in [0, 0.1) is 11.3 Å². The number of fused-ring (bicyclic) bond motifs is 1. The topological polar surface area (TPSA) is 74.1 Å². The van der Waals surface area contributed by atoms with Gasteiger partial charge in [-0.1, -0.05) is 18.2 Å². The molecule has 0 radical (unpaired) electrons. The first-order chi connectivity index (χ1) is 9.59. The third-order valence-electron chi connectivity index (χ3n) is 3.49. The number of rotatable bonds is 1. The maximum Gasteiger partial charge on any atom is 0.153 e. The first-order valence-electron chi connectivity index (χ1n) is 6.34. The molecule has 2 heterocycles. The summed E-state index contributed by atoms with van der Waals surface area (Å²) in [6.45, 7) is 0.919. The number of benzene rings is 1. The van der Waals surface area contributed by atoms with Gasteiger partial charge in [0.05, 0.1) is 17.0 Å². The van der Waals surface area contributed by atoms with Crippen molar-refractivity contribution in [3.05, 3.63) is 36.0 Å². The van der Waals surface area contributed by atoms with Crippen LogP contribution >= 0.6 is 0 Å². The largest absolute Gasteiger partial charge is 0.369 e. The Hall–Kier alpha value is -2.13. The minimum atomic E-state index is -2.91. The van der Waals surface area contributed by atoms with Crippen LogP contribution < -0.4 is 4.90 Å². The van der Waals surface area contributed by atoms with E-state index in [0.717, 1.165) is 16.6 Å². The van der Waals surface area contributed by atoms with E-state index in [0.29, 0.717) is 18.8 Å². The number of sulfone groups is 1. The van der Waals surface area contributed by atoms with E-state index < -0.39 is 9.84 Å². The first kappa shape index (κ1) is 12.9. The molecule has 102 valence electrons. The zero-order valence-electron chi connectivity index (χ0n) is 10.8. The SMILES string of the molecule is N#Cc1cc(N2CCS(=O)(=O)CC2)c2ccccc2n1. The smallest absolute Gasteiger partial charge is 0.153 e. The van der Waals surface area contributed by atoms with E-state index in [9.17, 15) is 8.42 Å². The lowest BCUT2D eigenvalue weighted by Crippen LogP contribution is -2.40. The van der Waals surface area contributed by atoms with Crippen LogP contribution in [0.4, 0.5) is 5.69 Å². The van der Waals surface area contributed by atoms with Crippen LogP contribution in [0.25, 0.3) is 10.9 Å². The molecule has 0 spiro atoms. The fourth-order valence-electron chi connectivity index (χ4n) is 2.43. The summed E-state index contributed by atoms with van der Waals surface area (Å²) in [5.74, 6) is 0.317. The third kappa shape index (κ3) is 2.32. The van der Waals surface area contributed by atoms with E-state index in [4.69, 9.17) is 5.26 Å². The molecule has 0 amide bonds. The van der Waals surface area contributed by atoms with Gasteiger partial charge in [0.1, 0.15) is 11.8 Å². The van der Waals surface area contributed by atoms with Crippen molar-refractivity contribution in [3.63, 3.8) is 0 Å². The van der Waals surface area contributed by atoms with Gasteiger partial charge in [0, 0.05) is 24.2 Å². The maximum atomic E-state index is 11.5. The zero-order chi connectivity index (χ0) is 14.2. The highest BCUT2D eigenvalue weighted by Gasteiger charge is 2.23. The van der Waals surface area contributed by atoms with Crippen molar-refractivity contribution >= 4 is 26.4 Å². The molecule has 0 atom stereocenters. The number of aromatic nitrogens is 1. The average Bonchev–Trinajstić information content (AvgIpc) is 2.46. The summed E-state index contributed by atoms with van der Waals surface area (Å²) in [4.78, 5) is 6.29. The summed E-state index contributed by atoms with van der Waals surface area (Å²) >= 11 is 0. The number of nitrogens with zero attached hydrogens (tertiary/aromatic N) is 3. The van der Waals surface area contributed by atoms with E-state index in [-0.39, 0.29) is 11.5 Å². The second-order valence-corrected chi connectivity index (χ2v) is 7.10. The lowest BCUT2D eigenvalue weighted by molar-refractivity contribution is 0.587. The van der Waals surface area contributed by atoms with Crippen LogP contribution in [-0.4, -0.2) is 38.0 Å². The first-order valence-corrected chi connectivity index (χ1v) is 8.16. The monoisotopic (exact) mass is 287 g/mol. The van der Waals surface area contributed by atoms with Crippen LogP contribution in [0.3, 0.4) is 0 Å². The van der Waals surface area contributed by atoms with Gasteiger partial charge in [-0.25, -0.2) is 13.4 Å².